The Balaban J connectivity index is 1.95. The summed E-state index contributed by atoms with van der Waals surface area (Å²) >= 11 is 0. The number of hydrogen-bond acceptors (Lipinski definition) is 4. The second-order valence-electron chi connectivity index (χ2n) is 6.11. The highest BCUT2D eigenvalue weighted by atomic mass is 16.3. The van der Waals surface area contributed by atoms with Crippen LogP contribution in [-0.2, 0) is 0 Å². The van der Waals surface area contributed by atoms with E-state index in [-0.39, 0.29) is 18.6 Å². The van der Waals surface area contributed by atoms with Crippen molar-refractivity contribution in [2.75, 3.05) is 6.54 Å². The van der Waals surface area contributed by atoms with Crippen LogP contribution in [0, 0.1) is 0 Å². The molecular weight excluding hydrogens is 292 g/mol. The Morgan fingerprint density at radius 3 is 2.35 bits per heavy atom. The lowest BCUT2D eigenvalue weighted by Gasteiger charge is -2.20. The van der Waals surface area contributed by atoms with Crippen LogP contribution in [0.1, 0.15) is 32.4 Å². The average Bonchev–Trinajstić information content (AvgIpc) is 2.53. The fourth-order valence-electron chi connectivity index (χ4n) is 2.04. The second kappa shape index (κ2) is 7.19. The van der Waals surface area contributed by atoms with Crippen LogP contribution in [-0.4, -0.2) is 33.3 Å². The molecule has 1 aromatic carbocycles. The normalized spacial score (nSPS) is 12.5. The molecule has 0 unspecified atom stereocenters. The molecule has 0 radical (unpaired) electrons. The number of aliphatic hydroxyl groups is 1. The van der Waals surface area contributed by atoms with Crippen molar-refractivity contribution in [3.8, 4) is 11.1 Å². The summed E-state index contributed by atoms with van der Waals surface area (Å²) in [5.41, 5.74) is 2.03. The first kappa shape index (κ1) is 16.9. The van der Waals surface area contributed by atoms with Gasteiger partial charge in [-0.15, -0.1) is 0 Å². The summed E-state index contributed by atoms with van der Waals surface area (Å²) in [4.78, 5) is 19.8. The van der Waals surface area contributed by atoms with Crippen LogP contribution >= 0.6 is 0 Å². The molecule has 0 spiro atoms. The van der Waals surface area contributed by atoms with E-state index in [4.69, 9.17) is 0 Å². The third kappa shape index (κ3) is 5.34. The predicted octanol–water partition coefficient (Wildman–Crippen LogP) is 2.27. The fourth-order valence-corrected chi connectivity index (χ4v) is 2.04. The quantitative estimate of drug-likeness (QED) is 0.790. The molecule has 1 heterocycles. The molecule has 6 nitrogen and oxygen atoms in total. The zero-order valence-electron chi connectivity index (χ0n) is 13.6. The number of amides is 2. The van der Waals surface area contributed by atoms with Gasteiger partial charge in [-0.1, -0.05) is 24.3 Å². The minimum absolute atomic E-state index is 0.141. The van der Waals surface area contributed by atoms with Crippen LogP contribution in [0.3, 0.4) is 0 Å². The summed E-state index contributed by atoms with van der Waals surface area (Å²) in [5, 5.41) is 15.1. The van der Waals surface area contributed by atoms with Crippen LogP contribution in [0.15, 0.2) is 43.0 Å². The van der Waals surface area contributed by atoms with Crippen LogP contribution in [0.25, 0.3) is 11.1 Å². The Kier molecular flexibility index (Phi) is 5.28. The van der Waals surface area contributed by atoms with Crippen molar-refractivity contribution in [1.82, 2.24) is 20.6 Å². The smallest absolute Gasteiger partial charge is 0.315 e. The Morgan fingerprint density at radius 2 is 1.78 bits per heavy atom. The molecule has 0 aliphatic carbocycles. The molecule has 23 heavy (non-hydrogen) atoms. The summed E-state index contributed by atoms with van der Waals surface area (Å²) in [6, 6.07) is 7.42. The van der Waals surface area contributed by atoms with Crippen molar-refractivity contribution < 1.29 is 9.90 Å². The Morgan fingerprint density at radius 1 is 1.17 bits per heavy atom. The summed E-state index contributed by atoms with van der Waals surface area (Å²) in [7, 11) is 0. The van der Waals surface area contributed by atoms with Crippen molar-refractivity contribution >= 4 is 6.03 Å². The van der Waals surface area contributed by atoms with Gasteiger partial charge in [0.05, 0.1) is 11.6 Å². The van der Waals surface area contributed by atoms with Gasteiger partial charge in [-0.2, -0.15) is 0 Å². The molecule has 3 N–H and O–H groups in total. The summed E-state index contributed by atoms with van der Waals surface area (Å²) in [6.07, 6.45) is 5.01. The molecule has 0 aliphatic heterocycles. The molecule has 0 fully saturated rings. The van der Waals surface area contributed by atoms with E-state index in [9.17, 15) is 9.90 Å². The number of aromatic nitrogens is 2. The van der Waals surface area contributed by atoms with E-state index < -0.39 is 5.60 Å². The summed E-state index contributed by atoms with van der Waals surface area (Å²) in [6.45, 7) is 5.38. The number of nitrogens with one attached hydrogen (secondary N) is 2. The molecule has 2 rings (SSSR count). The van der Waals surface area contributed by atoms with E-state index in [2.05, 4.69) is 20.6 Å². The van der Waals surface area contributed by atoms with Gasteiger partial charge in [0.1, 0.15) is 6.33 Å². The van der Waals surface area contributed by atoms with Crippen LogP contribution in [0.2, 0.25) is 0 Å². The van der Waals surface area contributed by atoms with E-state index in [1.807, 2.05) is 31.2 Å². The summed E-state index contributed by atoms with van der Waals surface area (Å²) < 4.78 is 0. The molecular formula is C17H22N4O2. The standard InChI is InChI=1S/C17H22N4O2/c1-12(21-16(22)20-10-17(2,3)23)13-4-6-14(7-5-13)15-8-18-11-19-9-15/h4-9,11-12,23H,10H2,1-3H3,(H2,20,21,22)/t12-/m0/s1. The van der Waals surface area contributed by atoms with E-state index in [1.54, 1.807) is 26.2 Å². The molecule has 0 bridgehead atoms. The molecule has 2 amide bonds. The van der Waals surface area contributed by atoms with Gasteiger partial charge in [-0.25, -0.2) is 14.8 Å². The largest absolute Gasteiger partial charge is 0.389 e. The highest BCUT2D eigenvalue weighted by Crippen LogP contribution is 2.20. The zero-order valence-corrected chi connectivity index (χ0v) is 13.6. The van der Waals surface area contributed by atoms with Gasteiger partial charge in [0.25, 0.3) is 0 Å². The maximum atomic E-state index is 11.8. The Labute approximate surface area is 136 Å². The number of benzene rings is 1. The van der Waals surface area contributed by atoms with E-state index >= 15 is 0 Å². The maximum Gasteiger partial charge on any atom is 0.315 e. The first-order valence-electron chi connectivity index (χ1n) is 7.47. The average molecular weight is 314 g/mol. The number of carbonyl (C=O) groups is 1. The third-order valence-electron chi connectivity index (χ3n) is 3.33. The van der Waals surface area contributed by atoms with Crippen LogP contribution in [0.5, 0.6) is 0 Å². The third-order valence-corrected chi connectivity index (χ3v) is 3.33. The number of carbonyl (C=O) groups excluding carboxylic acids is 1. The second-order valence-corrected chi connectivity index (χ2v) is 6.11. The molecule has 1 aromatic heterocycles. The number of urea groups is 1. The Hall–Kier alpha value is -2.47. The highest BCUT2D eigenvalue weighted by molar-refractivity contribution is 5.74. The lowest BCUT2D eigenvalue weighted by molar-refractivity contribution is 0.0818. The van der Waals surface area contributed by atoms with E-state index in [1.165, 1.54) is 6.33 Å². The van der Waals surface area contributed by atoms with Crippen molar-refractivity contribution in [1.29, 1.82) is 0 Å². The molecule has 122 valence electrons. The van der Waals surface area contributed by atoms with E-state index in [0.29, 0.717) is 0 Å². The van der Waals surface area contributed by atoms with Crippen molar-refractivity contribution in [3.63, 3.8) is 0 Å². The number of rotatable bonds is 5. The van der Waals surface area contributed by atoms with Gasteiger partial charge < -0.3 is 15.7 Å². The molecule has 2 aromatic rings. The molecule has 0 aliphatic rings. The van der Waals surface area contributed by atoms with Gasteiger partial charge in [0, 0.05) is 24.5 Å². The lowest BCUT2D eigenvalue weighted by Crippen LogP contribution is -2.44. The Bertz CT molecular complexity index is 636. The maximum absolute atomic E-state index is 11.8. The molecule has 0 saturated heterocycles. The lowest BCUT2D eigenvalue weighted by atomic mass is 10.0. The van der Waals surface area contributed by atoms with Crippen molar-refractivity contribution in [2.24, 2.45) is 0 Å². The van der Waals surface area contributed by atoms with Gasteiger partial charge in [-0.05, 0) is 31.9 Å². The SMILES string of the molecule is C[C@H](NC(=O)NCC(C)(C)O)c1ccc(-c2cncnc2)cc1. The predicted molar refractivity (Wildman–Crippen MR) is 88.7 cm³/mol. The minimum Gasteiger partial charge on any atom is -0.389 e. The van der Waals surface area contributed by atoms with Crippen LogP contribution < -0.4 is 10.6 Å². The topological polar surface area (TPSA) is 87.1 Å². The number of nitrogens with zero attached hydrogens (tertiary/aromatic N) is 2. The van der Waals surface area contributed by atoms with Gasteiger partial charge >= 0.3 is 6.03 Å². The minimum atomic E-state index is -0.931. The highest BCUT2D eigenvalue weighted by Gasteiger charge is 2.15. The van der Waals surface area contributed by atoms with E-state index in [0.717, 1.165) is 16.7 Å². The van der Waals surface area contributed by atoms with Gasteiger partial charge in [-0.3, -0.25) is 0 Å². The number of hydrogen-bond donors (Lipinski definition) is 3. The monoisotopic (exact) mass is 314 g/mol. The fraction of sp³-hybridized carbons (Fsp3) is 0.353. The first-order chi connectivity index (χ1) is 10.8. The zero-order chi connectivity index (χ0) is 16.9. The van der Waals surface area contributed by atoms with Gasteiger partial charge in [0.2, 0.25) is 0 Å². The molecule has 6 heteroatoms. The van der Waals surface area contributed by atoms with Crippen molar-refractivity contribution in [2.45, 2.75) is 32.4 Å². The van der Waals surface area contributed by atoms with Gasteiger partial charge in [0.15, 0.2) is 0 Å². The molecule has 1 atom stereocenters. The first-order valence-corrected chi connectivity index (χ1v) is 7.47. The van der Waals surface area contributed by atoms with Crippen LogP contribution in [0.4, 0.5) is 4.79 Å². The van der Waals surface area contributed by atoms with Crippen molar-refractivity contribution in [3.05, 3.63) is 48.5 Å². The molecule has 0 saturated carbocycles. The summed E-state index contributed by atoms with van der Waals surface area (Å²) in [5.74, 6) is 0.